The number of sulfone groups is 1. The lowest BCUT2D eigenvalue weighted by molar-refractivity contribution is 0.0945. The molecular weight excluding hydrogens is 248 g/mol. The monoisotopic (exact) mass is 260 g/mol. The lowest BCUT2D eigenvalue weighted by Gasteiger charge is -2.08. The molecule has 1 aromatic heterocycles. The number of hydrogen-bond acceptors (Lipinski definition) is 5. The number of nitrogens with one attached hydrogen (secondary N) is 1. The highest BCUT2D eigenvalue weighted by Crippen LogP contribution is 2.19. The second-order valence-electron chi connectivity index (χ2n) is 3.78. The summed E-state index contributed by atoms with van der Waals surface area (Å²) in [4.78, 5) is 12.2. The largest absolute Gasteiger partial charge is 0.391 e. The standard InChI is InChI=1S/C9H12N2O3S2/c10-8-2-1-7(15-8)9(12)11-6-3-4-16(13,14)5-6/h1-2,6H,3-5,10H2,(H,11,12). The fourth-order valence-electron chi connectivity index (χ4n) is 1.64. The summed E-state index contributed by atoms with van der Waals surface area (Å²) in [7, 11) is -2.95. The Kier molecular flexibility index (Phi) is 2.90. The molecule has 1 aliphatic rings. The predicted octanol–water partition coefficient (Wildman–Crippen LogP) is 0.247. The van der Waals surface area contributed by atoms with E-state index in [9.17, 15) is 13.2 Å². The second-order valence-corrected chi connectivity index (χ2v) is 7.12. The van der Waals surface area contributed by atoms with Crippen LogP contribution in [0.5, 0.6) is 0 Å². The Morgan fingerprint density at radius 1 is 1.50 bits per heavy atom. The Labute approximate surface area is 97.6 Å². The van der Waals surface area contributed by atoms with E-state index in [1.165, 1.54) is 11.3 Å². The van der Waals surface area contributed by atoms with Gasteiger partial charge in [0.05, 0.1) is 21.4 Å². The molecule has 0 aliphatic carbocycles. The van der Waals surface area contributed by atoms with Crippen molar-refractivity contribution in [1.29, 1.82) is 0 Å². The minimum atomic E-state index is -2.95. The molecule has 0 radical (unpaired) electrons. The van der Waals surface area contributed by atoms with Crippen LogP contribution in [0.25, 0.3) is 0 Å². The van der Waals surface area contributed by atoms with Crippen LogP contribution in [0.2, 0.25) is 0 Å². The Bertz CT molecular complexity index is 507. The van der Waals surface area contributed by atoms with Gasteiger partial charge in [-0.25, -0.2) is 8.42 Å². The SMILES string of the molecule is Nc1ccc(C(=O)NC2CCS(=O)(=O)C2)s1. The van der Waals surface area contributed by atoms with Crippen LogP contribution in [-0.2, 0) is 9.84 Å². The molecule has 1 unspecified atom stereocenters. The van der Waals surface area contributed by atoms with Crippen LogP contribution < -0.4 is 11.1 Å². The Morgan fingerprint density at radius 3 is 2.75 bits per heavy atom. The maximum atomic E-state index is 11.7. The smallest absolute Gasteiger partial charge is 0.261 e. The molecule has 0 spiro atoms. The highest BCUT2D eigenvalue weighted by molar-refractivity contribution is 7.91. The average molecular weight is 260 g/mol. The lowest BCUT2D eigenvalue weighted by Crippen LogP contribution is -2.35. The van der Waals surface area contributed by atoms with Crippen LogP contribution in [-0.4, -0.2) is 31.9 Å². The van der Waals surface area contributed by atoms with Gasteiger partial charge in [0.1, 0.15) is 0 Å². The molecule has 1 saturated heterocycles. The predicted molar refractivity (Wildman–Crippen MR) is 63.3 cm³/mol. The average Bonchev–Trinajstić information content (AvgIpc) is 2.73. The number of carbonyl (C=O) groups is 1. The Morgan fingerprint density at radius 2 is 2.25 bits per heavy atom. The number of thiophene rings is 1. The van der Waals surface area contributed by atoms with Crippen LogP contribution in [0.3, 0.4) is 0 Å². The lowest BCUT2D eigenvalue weighted by atomic mass is 10.2. The van der Waals surface area contributed by atoms with Crippen LogP contribution in [0, 0.1) is 0 Å². The van der Waals surface area contributed by atoms with E-state index in [-0.39, 0.29) is 23.5 Å². The first kappa shape index (κ1) is 11.4. The molecule has 2 heterocycles. The number of anilines is 1. The minimum Gasteiger partial charge on any atom is -0.391 e. The van der Waals surface area contributed by atoms with Crippen molar-refractivity contribution in [2.24, 2.45) is 0 Å². The number of nitrogens with two attached hydrogens (primary N) is 1. The van der Waals surface area contributed by atoms with Gasteiger partial charge in [-0.2, -0.15) is 0 Å². The summed E-state index contributed by atoms with van der Waals surface area (Å²) < 4.78 is 22.4. The van der Waals surface area contributed by atoms with Crippen LogP contribution in [0.15, 0.2) is 12.1 Å². The van der Waals surface area contributed by atoms with Gasteiger partial charge in [0, 0.05) is 6.04 Å². The number of rotatable bonds is 2. The van der Waals surface area contributed by atoms with Crippen molar-refractivity contribution in [2.45, 2.75) is 12.5 Å². The van der Waals surface area contributed by atoms with Gasteiger partial charge in [-0.05, 0) is 18.6 Å². The van der Waals surface area contributed by atoms with Crippen molar-refractivity contribution in [3.05, 3.63) is 17.0 Å². The van der Waals surface area contributed by atoms with Crippen LogP contribution >= 0.6 is 11.3 Å². The summed E-state index contributed by atoms with van der Waals surface area (Å²) in [5.74, 6) is -0.0479. The van der Waals surface area contributed by atoms with Crippen molar-refractivity contribution >= 4 is 32.1 Å². The molecule has 1 aromatic rings. The maximum absolute atomic E-state index is 11.7. The molecule has 5 nitrogen and oxygen atoms in total. The van der Waals surface area contributed by atoms with Gasteiger partial charge in [-0.1, -0.05) is 0 Å². The molecule has 2 rings (SSSR count). The third kappa shape index (κ3) is 2.53. The first-order chi connectivity index (χ1) is 7.46. The zero-order chi connectivity index (χ0) is 11.8. The Hall–Kier alpha value is -1.08. The summed E-state index contributed by atoms with van der Waals surface area (Å²) in [5, 5.41) is 3.27. The van der Waals surface area contributed by atoms with Gasteiger partial charge < -0.3 is 11.1 Å². The van der Waals surface area contributed by atoms with Gasteiger partial charge in [0.25, 0.3) is 5.91 Å². The molecule has 3 N–H and O–H groups in total. The molecule has 88 valence electrons. The van der Waals surface area contributed by atoms with Crippen molar-refractivity contribution in [1.82, 2.24) is 5.32 Å². The summed E-state index contributed by atoms with van der Waals surface area (Å²) in [6.07, 6.45) is 0.495. The zero-order valence-corrected chi connectivity index (χ0v) is 10.1. The van der Waals surface area contributed by atoms with E-state index in [1.807, 2.05) is 0 Å². The minimum absolute atomic E-state index is 0.0413. The zero-order valence-electron chi connectivity index (χ0n) is 8.47. The quantitative estimate of drug-likeness (QED) is 0.797. The molecule has 7 heteroatoms. The number of carbonyl (C=O) groups excluding carboxylic acids is 1. The van der Waals surface area contributed by atoms with Gasteiger partial charge in [0.15, 0.2) is 9.84 Å². The highest BCUT2D eigenvalue weighted by atomic mass is 32.2. The van der Waals surface area contributed by atoms with Crippen LogP contribution in [0.4, 0.5) is 5.00 Å². The van der Waals surface area contributed by atoms with Crippen molar-refractivity contribution in [3.8, 4) is 0 Å². The van der Waals surface area contributed by atoms with E-state index >= 15 is 0 Å². The molecule has 0 aromatic carbocycles. The van der Waals surface area contributed by atoms with Crippen molar-refractivity contribution in [2.75, 3.05) is 17.2 Å². The van der Waals surface area contributed by atoms with E-state index in [1.54, 1.807) is 12.1 Å². The van der Waals surface area contributed by atoms with Gasteiger partial charge in [-0.15, -0.1) is 11.3 Å². The molecule has 0 bridgehead atoms. The Balaban J connectivity index is 1.99. The summed E-state index contributed by atoms with van der Waals surface area (Å²) in [6, 6.07) is 3.03. The van der Waals surface area contributed by atoms with Gasteiger partial charge in [0.2, 0.25) is 0 Å². The second kappa shape index (κ2) is 4.06. The molecule has 1 aliphatic heterocycles. The van der Waals surface area contributed by atoms with E-state index in [4.69, 9.17) is 5.73 Å². The fraction of sp³-hybridized carbons (Fsp3) is 0.444. The number of amides is 1. The molecule has 1 amide bonds. The van der Waals surface area contributed by atoms with Crippen LogP contribution in [0.1, 0.15) is 16.1 Å². The van der Waals surface area contributed by atoms with Gasteiger partial charge in [-0.3, -0.25) is 4.79 Å². The fourth-order valence-corrected chi connectivity index (χ4v) is 3.99. The van der Waals surface area contributed by atoms with E-state index in [0.717, 1.165) is 0 Å². The first-order valence-corrected chi connectivity index (χ1v) is 7.47. The molecular formula is C9H12N2O3S2. The molecule has 0 saturated carbocycles. The van der Waals surface area contributed by atoms with E-state index < -0.39 is 9.84 Å². The van der Waals surface area contributed by atoms with Crippen molar-refractivity contribution in [3.63, 3.8) is 0 Å². The van der Waals surface area contributed by atoms with Crippen molar-refractivity contribution < 1.29 is 13.2 Å². The van der Waals surface area contributed by atoms with Gasteiger partial charge >= 0.3 is 0 Å². The maximum Gasteiger partial charge on any atom is 0.261 e. The summed E-state index contributed by atoms with van der Waals surface area (Å²) in [6.45, 7) is 0. The topological polar surface area (TPSA) is 89.3 Å². The third-order valence-electron chi connectivity index (χ3n) is 2.42. The summed E-state index contributed by atoms with van der Waals surface area (Å²) >= 11 is 1.20. The van der Waals surface area contributed by atoms with E-state index in [2.05, 4.69) is 5.32 Å². The normalized spacial score (nSPS) is 23.1. The third-order valence-corrected chi connectivity index (χ3v) is 5.10. The van der Waals surface area contributed by atoms with E-state index in [0.29, 0.717) is 16.3 Å². The number of hydrogen-bond donors (Lipinski definition) is 2. The molecule has 16 heavy (non-hydrogen) atoms. The first-order valence-electron chi connectivity index (χ1n) is 4.83. The summed E-state index contributed by atoms with van der Waals surface area (Å²) in [5.41, 5.74) is 5.51. The molecule has 1 atom stereocenters. The molecule has 1 fully saturated rings. The number of nitrogen functional groups attached to an aromatic ring is 1. The highest BCUT2D eigenvalue weighted by Gasteiger charge is 2.29.